The van der Waals surface area contributed by atoms with Gasteiger partial charge in [0.05, 0.1) is 25.3 Å². The van der Waals surface area contributed by atoms with E-state index in [9.17, 15) is 4.79 Å². The Morgan fingerprint density at radius 2 is 2.18 bits per heavy atom. The third-order valence-electron chi connectivity index (χ3n) is 3.51. The Kier molecular flexibility index (Phi) is 4.65. The Morgan fingerprint density at radius 3 is 2.86 bits per heavy atom. The van der Waals surface area contributed by atoms with E-state index in [4.69, 9.17) is 4.74 Å². The van der Waals surface area contributed by atoms with Crippen molar-refractivity contribution in [3.63, 3.8) is 0 Å². The number of hydrogen-bond acceptors (Lipinski definition) is 5. The number of ether oxygens (including phenoxy) is 1. The number of amides is 1. The van der Waals surface area contributed by atoms with E-state index in [1.165, 1.54) is 0 Å². The summed E-state index contributed by atoms with van der Waals surface area (Å²) >= 11 is 0. The minimum absolute atomic E-state index is 0.0129. The molecule has 0 radical (unpaired) electrons. The molecule has 0 aliphatic carbocycles. The number of morpholine rings is 1. The van der Waals surface area contributed by atoms with Gasteiger partial charge in [0, 0.05) is 38.2 Å². The van der Waals surface area contributed by atoms with Crippen molar-refractivity contribution in [1.82, 2.24) is 19.7 Å². The summed E-state index contributed by atoms with van der Waals surface area (Å²) in [6, 6.07) is 5.53. The second-order valence-electron chi connectivity index (χ2n) is 5.03. The Hall–Kier alpha value is -2.41. The molecule has 1 amide bonds. The Labute approximate surface area is 128 Å². The second-order valence-corrected chi connectivity index (χ2v) is 5.03. The van der Waals surface area contributed by atoms with Crippen molar-refractivity contribution < 1.29 is 9.53 Å². The molecule has 3 rings (SSSR count). The van der Waals surface area contributed by atoms with Crippen molar-refractivity contribution in [2.75, 3.05) is 38.2 Å². The molecule has 7 nitrogen and oxygen atoms in total. The first-order valence-electron chi connectivity index (χ1n) is 7.37. The molecule has 1 N–H and O–H groups in total. The van der Waals surface area contributed by atoms with Crippen molar-refractivity contribution in [1.29, 1.82) is 0 Å². The van der Waals surface area contributed by atoms with E-state index >= 15 is 0 Å². The molecule has 1 aliphatic rings. The smallest absolute Gasteiger partial charge is 0.255 e. The fourth-order valence-corrected chi connectivity index (χ4v) is 2.31. The number of pyridine rings is 1. The van der Waals surface area contributed by atoms with Crippen LogP contribution >= 0.6 is 0 Å². The average Bonchev–Trinajstić information content (AvgIpc) is 3.09. The van der Waals surface area contributed by atoms with Crippen LogP contribution in [-0.2, 0) is 11.3 Å². The Morgan fingerprint density at radius 1 is 1.32 bits per heavy atom. The molecule has 0 unspecified atom stereocenters. The molecule has 1 aliphatic heterocycles. The van der Waals surface area contributed by atoms with Gasteiger partial charge in [-0.1, -0.05) is 0 Å². The molecule has 116 valence electrons. The van der Waals surface area contributed by atoms with Crippen LogP contribution in [-0.4, -0.2) is 58.4 Å². The first-order valence-corrected chi connectivity index (χ1v) is 7.37. The van der Waals surface area contributed by atoms with Gasteiger partial charge in [0.1, 0.15) is 5.82 Å². The highest BCUT2D eigenvalue weighted by Crippen LogP contribution is 2.09. The highest BCUT2D eigenvalue weighted by Gasteiger charge is 2.18. The first kappa shape index (κ1) is 14.5. The van der Waals surface area contributed by atoms with Gasteiger partial charge in [0.15, 0.2) is 0 Å². The Bertz CT molecular complexity index is 591. The summed E-state index contributed by atoms with van der Waals surface area (Å²) in [5.74, 6) is 0.768. The van der Waals surface area contributed by atoms with Crippen LogP contribution in [0.1, 0.15) is 10.4 Å². The zero-order chi connectivity index (χ0) is 15.2. The molecule has 0 aromatic carbocycles. The number of carbonyl (C=O) groups is 1. The van der Waals surface area contributed by atoms with Gasteiger partial charge >= 0.3 is 0 Å². The fraction of sp³-hybridized carbons (Fsp3) is 0.400. The predicted octanol–water partition coefficient (Wildman–Crippen LogP) is 0.863. The van der Waals surface area contributed by atoms with Crippen LogP contribution in [0.25, 0.3) is 0 Å². The summed E-state index contributed by atoms with van der Waals surface area (Å²) in [5.41, 5.74) is 0.611. The van der Waals surface area contributed by atoms with Crippen LogP contribution in [0.3, 0.4) is 0 Å². The molecule has 0 saturated carbocycles. The lowest BCUT2D eigenvalue weighted by Gasteiger charge is -2.26. The highest BCUT2D eigenvalue weighted by molar-refractivity contribution is 5.94. The van der Waals surface area contributed by atoms with Crippen LogP contribution in [0.15, 0.2) is 36.8 Å². The van der Waals surface area contributed by atoms with Gasteiger partial charge in [-0.05, 0) is 18.2 Å². The molecule has 0 bridgehead atoms. The maximum Gasteiger partial charge on any atom is 0.255 e. The number of anilines is 1. The monoisotopic (exact) mass is 301 g/mol. The lowest BCUT2D eigenvalue weighted by molar-refractivity contribution is 0.0302. The molecule has 2 aromatic heterocycles. The summed E-state index contributed by atoms with van der Waals surface area (Å²) in [4.78, 5) is 18.4. The van der Waals surface area contributed by atoms with E-state index in [1.807, 2.05) is 23.0 Å². The van der Waals surface area contributed by atoms with E-state index in [0.29, 0.717) is 31.9 Å². The normalized spacial score (nSPS) is 14.8. The molecule has 3 heterocycles. The van der Waals surface area contributed by atoms with Crippen molar-refractivity contribution in [2.24, 2.45) is 0 Å². The van der Waals surface area contributed by atoms with E-state index in [-0.39, 0.29) is 5.91 Å². The molecular formula is C15H19N5O2. The number of hydrogen-bond donors (Lipinski definition) is 1. The first-order chi connectivity index (χ1) is 10.8. The van der Waals surface area contributed by atoms with Crippen molar-refractivity contribution in [3.05, 3.63) is 42.4 Å². The maximum atomic E-state index is 12.3. The molecule has 1 fully saturated rings. The van der Waals surface area contributed by atoms with Gasteiger partial charge in [0.2, 0.25) is 0 Å². The summed E-state index contributed by atoms with van der Waals surface area (Å²) < 4.78 is 7.10. The van der Waals surface area contributed by atoms with Gasteiger partial charge in [-0.25, -0.2) is 4.98 Å². The number of aromatic nitrogens is 3. The average molecular weight is 301 g/mol. The van der Waals surface area contributed by atoms with E-state index in [0.717, 1.165) is 18.9 Å². The van der Waals surface area contributed by atoms with Gasteiger partial charge < -0.3 is 15.0 Å². The van der Waals surface area contributed by atoms with Crippen LogP contribution in [0, 0.1) is 0 Å². The zero-order valence-electron chi connectivity index (χ0n) is 12.3. The SMILES string of the molecule is O=C(c1ccc(NCCn2cccn2)nc1)N1CCOCC1. The van der Waals surface area contributed by atoms with Gasteiger partial charge in [-0.15, -0.1) is 0 Å². The lowest BCUT2D eigenvalue weighted by atomic mass is 10.2. The van der Waals surface area contributed by atoms with Crippen molar-refractivity contribution in [3.8, 4) is 0 Å². The number of rotatable bonds is 5. The molecule has 2 aromatic rings. The van der Waals surface area contributed by atoms with E-state index in [2.05, 4.69) is 15.4 Å². The standard InChI is InChI=1S/C15H19N5O2/c21-15(19-8-10-22-11-9-19)13-2-3-14(17-12-13)16-5-7-20-6-1-4-18-20/h1-4,6,12H,5,7-11H2,(H,16,17). The highest BCUT2D eigenvalue weighted by atomic mass is 16.5. The second kappa shape index (κ2) is 7.04. The lowest BCUT2D eigenvalue weighted by Crippen LogP contribution is -2.40. The molecule has 0 spiro atoms. The maximum absolute atomic E-state index is 12.3. The fourth-order valence-electron chi connectivity index (χ4n) is 2.31. The molecule has 22 heavy (non-hydrogen) atoms. The quantitative estimate of drug-likeness (QED) is 0.887. The molecule has 7 heteroatoms. The largest absolute Gasteiger partial charge is 0.378 e. The molecule has 1 saturated heterocycles. The van der Waals surface area contributed by atoms with Crippen molar-refractivity contribution in [2.45, 2.75) is 6.54 Å². The van der Waals surface area contributed by atoms with Crippen LogP contribution < -0.4 is 5.32 Å². The summed E-state index contributed by atoms with van der Waals surface area (Å²) in [6.07, 6.45) is 5.29. The number of nitrogens with one attached hydrogen (secondary N) is 1. The van der Waals surface area contributed by atoms with Crippen molar-refractivity contribution >= 4 is 11.7 Å². The van der Waals surface area contributed by atoms with E-state index < -0.39 is 0 Å². The third kappa shape index (κ3) is 3.62. The zero-order valence-corrected chi connectivity index (χ0v) is 12.3. The number of nitrogens with zero attached hydrogens (tertiary/aromatic N) is 4. The van der Waals surface area contributed by atoms with Gasteiger partial charge in [-0.3, -0.25) is 9.48 Å². The minimum atomic E-state index is 0.0129. The third-order valence-corrected chi connectivity index (χ3v) is 3.51. The molecule has 0 atom stereocenters. The van der Waals surface area contributed by atoms with Crippen LogP contribution in [0.5, 0.6) is 0 Å². The summed E-state index contributed by atoms with van der Waals surface area (Å²) in [7, 11) is 0. The van der Waals surface area contributed by atoms with E-state index in [1.54, 1.807) is 23.4 Å². The Balaban J connectivity index is 1.52. The topological polar surface area (TPSA) is 72.3 Å². The van der Waals surface area contributed by atoms with Crippen LogP contribution in [0.4, 0.5) is 5.82 Å². The van der Waals surface area contributed by atoms with Crippen LogP contribution in [0.2, 0.25) is 0 Å². The number of carbonyl (C=O) groups excluding carboxylic acids is 1. The van der Waals surface area contributed by atoms with Gasteiger partial charge in [-0.2, -0.15) is 5.10 Å². The summed E-state index contributed by atoms with van der Waals surface area (Å²) in [6.45, 7) is 3.98. The predicted molar refractivity (Wildman–Crippen MR) is 81.7 cm³/mol. The summed E-state index contributed by atoms with van der Waals surface area (Å²) in [5, 5.41) is 7.34. The van der Waals surface area contributed by atoms with Gasteiger partial charge in [0.25, 0.3) is 5.91 Å². The molecular weight excluding hydrogens is 282 g/mol. The minimum Gasteiger partial charge on any atom is -0.378 e.